The Balaban J connectivity index is 1.52. The van der Waals surface area contributed by atoms with Gasteiger partial charge in [0.05, 0.1) is 12.6 Å². The Morgan fingerprint density at radius 1 is 0.818 bits per heavy atom. The number of carbonyl (C=O) groups is 4. The second-order valence-corrected chi connectivity index (χ2v) is 12.0. The molecule has 0 spiro atoms. The zero-order chi connectivity index (χ0) is 31.5. The zero-order valence-corrected chi connectivity index (χ0v) is 26.1. The summed E-state index contributed by atoms with van der Waals surface area (Å²) in [4.78, 5) is 57.0. The first-order valence-electron chi connectivity index (χ1n) is 15.9. The second-order valence-electron chi connectivity index (χ2n) is 12.0. The number of carbonyl (C=O) groups excluding carboxylic acids is 4. The summed E-state index contributed by atoms with van der Waals surface area (Å²) >= 11 is 0. The van der Waals surface area contributed by atoms with Crippen molar-refractivity contribution in [2.24, 2.45) is 0 Å². The minimum absolute atomic E-state index is 0.188. The van der Waals surface area contributed by atoms with E-state index < -0.39 is 35.5 Å². The standard InChI is InChI=1S/C35H46N4O5/c1-4-6-9-19-31(40)37-30(21-25-22-36-27-18-13-12-16-26(25)27)34(43)38-28(17-7-5-2)33(42)39-29(32(41)35(3)23-44-35)20-24-14-10-8-11-15-24/h8,10-16,18,22,28-30,36H,4-7,9,17,19-21,23H2,1-3H3,(H,37,40)(H,38,43)(H,39,42)/t28-,29-,30-,35+/m0/s1. The lowest BCUT2D eigenvalue weighted by atomic mass is 9.94. The first kappa shape index (κ1) is 32.9. The SMILES string of the molecule is CCCCCC(=O)N[C@@H](Cc1c[nH]c2ccccc12)C(=O)N[C@@H](CCCC)C(=O)N[C@@H](Cc1ccccc1)C(=O)[C@@]1(C)CO1. The van der Waals surface area contributed by atoms with E-state index in [1.807, 2.05) is 67.7 Å². The highest BCUT2D eigenvalue weighted by Gasteiger charge is 2.50. The number of nitrogens with one attached hydrogen (secondary N) is 4. The van der Waals surface area contributed by atoms with Crippen LogP contribution in [-0.2, 0) is 36.8 Å². The third-order valence-corrected chi connectivity index (χ3v) is 8.25. The van der Waals surface area contributed by atoms with Crippen molar-refractivity contribution in [3.8, 4) is 0 Å². The summed E-state index contributed by atoms with van der Waals surface area (Å²) in [6.45, 7) is 6.13. The first-order valence-corrected chi connectivity index (χ1v) is 15.9. The van der Waals surface area contributed by atoms with Crippen LogP contribution in [0.1, 0.15) is 76.8 Å². The Hall–Kier alpha value is -3.98. The average molecular weight is 603 g/mol. The monoisotopic (exact) mass is 602 g/mol. The number of ketones is 1. The number of aromatic nitrogens is 1. The van der Waals surface area contributed by atoms with Crippen molar-refractivity contribution in [3.05, 3.63) is 71.9 Å². The molecule has 1 aromatic heterocycles. The number of H-pyrrole nitrogens is 1. The second kappa shape index (κ2) is 15.7. The van der Waals surface area contributed by atoms with Gasteiger partial charge >= 0.3 is 0 Å². The molecule has 9 heteroatoms. The fourth-order valence-corrected chi connectivity index (χ4v) is 5.43. The number of rotatable bonds is 18. The van der Waals surface area contributed by atoms with Crippen LogP contribution in [0.15, 0.2) is 60.8 Å². The number of hydrogen-bond donors (Lipinski definition) is 4. The summed E-state index contributed by atoms with van der Waals surface area (Å²) in [7, 11) is 0. The molecule has 236 valence electrons. The highest BCUT2D eigenvalue weighted by atomic mass is 16.6. The lowest BCUT2D eigenvalue weighted by Gasteiger charge is -2.26. The van der Waals surface area contributed by atoms with Crippen molar-refractivity contribution < 1.29 is 23.9 Å². The van der Waals surface area contributed by atoms with Crippen LogP contribution in [-0.4, -0.2) is 58.8 Å². The molecule has 0 aliphatic carbocycles. The highest BCUT2D eigenvalue weighted by Crippen LogP contribution is 2.29. The molecule has 4 rings (SSSR count). The molecule has 4 N–H and O–H groups in total. The number of ether oxygens (including phenoxy) is 1. The van der Waals surface area contributed by atoms with Crippen LogP contribution in [0.2, 0.25) is 0 Å². The minimum Gasteiger partial charge on any atom is -0.361 e. The summed E-state index contributed by atoms with van der Waals surface area (Å²) in [6, 6.07) is 14.8. The van der Waals surface area contributed by atoms with E-state index >= 15 is 0 Å². The van der Waals surface area contributed by atoms with Gasteiger partial charge in [-0.25, -0.2) is 0 Å². The topological polar surface area (TPSA) is 133 Å². The van der Waals surface area contributed by atoms with E-state index in [9.17, 15) is 19.2 Å². The minimum atomic E-state index is -0.915. The van der Waals surface area contributed by atoms with Gasteiger partial charge in [0.1, 0.15) is 17.7 Å². The third-order valence-electron chi connectivity index (χ3n) is 8.25. The van der Waals surface area contributed by atoms with Crippen LogP contribution in [0.3, 0.4) is 0 Å². The lowest BCUT2D eigenvalue weighted by Crippen LogP contribution is -2.57. The molecular weight excluding hydrogens is 556 g/mol. The maximum Gasteiger partial charge on any atom is 0.243 e. The molecule has 1 aliphatic heterocycles. The Morgan fingerprint density at radius 2 is 1.48 bits per heavy atom. The van der Waals surface area contributed by atoms with Crippen LogP contribution in [0.5, 0.6) is 0 Å². The van der Waals surface area contributed by atoms with E-state index in [0.29, 0.717) is 32.3 Å². The highest BCUT2D eigenvalue weighted by molar-refractivity contribution is 5.98. The van der Waals surface area contributed by atoms with Crippen molar-refractivity contribution in [3.63, 3.8) is 0 Å². The fourth-order valence-electron chi connectivity index (χ4n) is 5.43. The molecule has 44 heavy (non-hydrogen) atoms. The van der Waals surface area contributed by atoms with E-state index in [-0.39, 0.29) is 18.1 Å². The van der Waals surface area contributed by atoms with Gasteiger partial charge in [-0.05, 0) is 43.4 Å². The molecule has 0 radical (unpaired) electrons. The maximum atomic E-state index is 13.8. The predicted octanol–water partition coefficient (Wildman–Crippen LogP) is 4.54. The molecule has 1 fully saturated rings. The fraction of sp³-hybridized carbons (Fsp3) is 0.486. The first-order chi connectivity index (χ1) is 21.2. The van der Waals surface area contributed by atoms with Crippen molar-refractivity contribution in [2.75, 3.05) is 6.61 Å². The number of amides is 3. The number of unbranched alkanes of at least 4 members (excludes halogenated alkanes) is 3. The smallest absolute Gasteiger partial charge is 0.243 e. The van der Waals surface area contributed by atoms with Gasteiger partial charge in [0.2, 0.25) is 17.7 Å². The van der Waals surface area contributed by atoms with Crippen molar-refractivity contribution in [1.29, 1.82) is 0 Å². The summed E-state index contributed by atoms with van der Waals surface area (Å²) in [5.41, 5.74) is 1.84. The molecule has 4 atom stereocenters. The van der Waals surface area contributed by atoms with E-state index in [1.165, 1.54) is 0 Å². The van der Waals surface area contributed by atoms with Crippen molar-refractivity contribution in [1.82, 2.24) is 20.9 Å². The van der Waals surface area contributed by atoms with E-state index in [0.717, 1.165) is 47.7 Å². The Labute approximate surface area is 259 Å². The van der Waals surface area contributed by atoms with Crippen molar-refractivity contribution >= 4 is 34.4 Å². The van der Waals surface area contributed by atoms with Gasteiger partial charge in [0.25, 0.3) is 0 Å². The third kappa shape index (κ3) is 9.02. The molecule has 3 aromatic rings. The molecule has 2 heterocycles. The number of Topliss-reactive ketones (excluding diaryl/α,β-unsaturated/α-hetero) is 1. The maximum absolute atomic E-state index is 13.8. The number of epoxide rings is 1. The van der Waals surface area contributed by atoms with Crippen LogP contribution in [0.25, 0.3) is 10.9 Å². The zero-order valence-electron chi connectivity index (χ0n) is 26.1. The molecule has 1 aliphatic rings. The number of para-hydroxylation sites is 1. The predicted molar refractivity (Wildman–Crippen MR) is 171 cm³/mol. The van der Waals surface area contributed by atoms with Gasteiger partial charge in [-0.3, -0.25) is 19.2 Å². The van der Waals surface area contributed by atoms with Crippen molar-refractivity contribution in [2.45, 2.75) is 102 Å². The summed E-state index contributed by atoms with van der Waals surface area (Å²) in [5, 5.41) is 9.77. The van der Waals surface area contributed by atoms with Gasteiger partial charge < -0.3 is 25.7 Å². The van der Waals surface area contributed by atoms with Crippen LogP contribution >= 0.6 is 0 Å². The molecule has 1 saturated heterocycles. The summed E-state index contributed by atoms with van der Waals surface area (Å²) in [5.74, 6) is -1.24. The molecule has 2 aromatic carbocycles. The lowest BCUT2D eigenvalue weighted by molar-refractivity contribution is -0.134. The summed E-state index contributed by atoms with van der Waals surface area (Å²) in [6.07, 6.45) is 7.35. The van der Waals surface area contributed by atoms with Crippen LogP contribution in [0.4, 0.5) is 0 Å². The number of hydrogen-bond acceptors (Lipinski definition) is 5. The molecule has 0 unspecified atom stereocenters. The molecular formula is C35H46N4O5. The van der Waals surface area contributed by atoms with Gasteiger partial charge in [0, 0.05) is 29.9 Å². The molecule has 3 amide bonds. The van der Waals surface area contributed by atoms with Crippen LogP contribution < -0.4 is 16.0 Å². The van der Waals surface area contributed by atoms with Crippen LogP contribution in [0, 0.1) is 0 Å². The van der Waals surface area contributed by atoms with Gasteiger partial charge in [0.15, 0.2) is 5.78 Å². The average Bonchev–Trinajstić information content (AvgIpc) is 3.65. The van der Waals surface area contributed by atoms with E-state index in [4.69, 9.17) is 4.74 Å². The summed E-state index contributed by atoms with van der Waals surface area (Å²) < 4.78 is 5.42. The number of fused-ring (bicyclic) bond motifs is 1. The number of aromatic amines is 1. The molecule has 0 saturated carbocycles. The van der Waals surface area contributed by atoms with Gasteiger partial charge in [-0.1, -0.05) is 88.1 Å². The van der Waals surface area contributed by atoms with Gasteiger partial charge in [-0.15, -0.1) is 0 Å². The molecule has 9 nitrogen and oxygen atoms in total. The van der Waals surface area contributed by atoms with E-state index in [1.54, 1.807) is 6.92 Å². The molecule has 0 bridgehead atoms. The quantitative estimate of drug-likeness (QED) is 0.125. The van der Waals surface area contributed by atoms with Gasteiger partial charge in [-0.2, -0.15) is 0 Å². The Bertz CT molecular complexity index is 1410. The Kier molecular flexibility index (Phi) is 11.7. The number of benzene rings is 2. The largest absolute Gasteiger partial charge is 0.361 e. The van der Waals surface area contributed by atoms with E-state index in [2.05, 4.69) is 27.9 Å². The normalized spacial score (nSPS) is 17.8. The Morgan fingerprint density at radius 3 is 2.18 bits per heavy atom.